The molecule has 0 saturated heterocycles. The number of aromatic nitrogens is 1. The van der Waals surface area contributed by atoms with Gasteiger partial charge < -0.3 is 15.0 Å². The van der Waals surface area contributed by atoms with Crippen LogP contribution in [0, 0.1) is 0 Å². The number of carbonyl (C=O) groups is 2. The Hall–Kier alpha value is -3.87. The summed E-state index contributed by atoms with van der Waals surface area (Å²) in [6, 6.07) is 27.8. The lowest BCUT2D eigenvalue weighted by Crippen LogP contribution is -2.45. The fourth-order valence-corrected chi connectivity index (χ4v) is 4.10. The molecule has 0 fully saturated rings. The van der Waals surface area contributed by atoms with E-state index < -0.39 is 6.04 Å². The summed E-state index contributed by atoms with van der Waals surface area (Å²) in [7, 11) is 0. The Morgan fingerprint density at radius 1 is 0.865 bits per heavy atom. The monoisotopic (exact) mass is 533 g/mol. The highest BCUT2D eigenvalue weighted by Crippen LogP contribution is 2.26. The molecule has 6 nitrogen and oxygen atoms in total. The van der Waals surface area contributed by atoms with Crippen LogP contribution in [-0.4, -0.2) is 28.3 Å². The molecule has 1 atom stereocenters. The summed E-state index contributed by atoms with van der Waals surface area (Å²) in [5.74, 6) is -0.326. The molecule has 0 aliphatic rings. The fourth-order valence-electron chi connectivity index (χ4n) is 3.78. The summed E-state index contributed by atoms with van der Waals surface area (Å²) < 4.78 is 5.75. The highest BCUT2D eigenvalue weighted by atomic mass is 35.5. The van der Waals surface area contributed by atoms with Crippen molar-refractivity contribution in [1.29, 1.82) is 0 Å². The van der Waals surface area contributed by atoms with E-state index in [1.807, 2.05) is 60.7 Å². The van der Waals surface area contributed by atoms with Crippen molar-refractivity contribution in [2.45, 2.75) is 19.1 Å². The minimum atomic E-state index is -0.914. The number of ether oxygens (including phenoxy) is 1. The summed E-state index contributed by atoms with van der Waals surface area (Å²) in [6.45, 7) is 0.0920. The zero-order valence-corrected chi connectivity index (χ0v) is 21.4. The Morgan fingerprint density at radius 3 is 2.27 bits per heavy atom. The summed E-state index contributed by atoms with van der Waals surface area (Å²) in [6.07, 6.45) is 1.67. The lowest BCUT2D eigenvalue weighted by molar-refractivity contribution is -0.143. The van der Waals surface area contributed by atoms with Crippen LogP contribution in [0.15, 0.2) is 103 Å². The SMILES string of the molecule is O=C(NCc1ccccn1)[C@@H](c1ccccc1)N(Cc1ccc(Cl)cc1)C(=O)COc1ccccc1Cl. The molecule has 3 aromatic carbocycles. The third-order valence-corrected chi connectivity index (χ3v) is 6.18. The van der Waals surface area contributed by atoms with E-state index >= 15 is 0 Å². The van der Waals surface area contributed by atoms with Crippen molar-refractivity contribution in [3.63, 3.8) is 0 Å². The summed E-state index contributed by atoms with van der Waals surface area (Å²) >= 11 is 12.3. The van der Waals surface area contributed by atoms with Crippen LogP contribution in [0.3, 0.4) is 0 Å². The zero-order chi connectivity index (χ0) is 26.0. The van der Waals surface area contributed by atoms with Crippen LogP contribution < -0.4 is 10.1 Å². The molecule has 0 spiro atoms. The molecule has 0 bridgehead atoms. The molecule has 4 rings (SSSR count). The maximum atomic E-state index is 13.6. The molecule has 4 aromatic rings. The smallest absolute Gasteiger partial charge is 0.261 e. The van der Waals surface area contributed by atoms with E-state index in [9.17, 15) is 9.59 Å². The second-order valence-corrected chi connectivity index (χ2v) is 9.06. The minimum Gasteiger partial charge on any atom is -0.482 e. The van der Waals surface area contributed by atoms with Crippen molar-refractivity contribution < 1.29 is 14.3 Å². The second kappa shape index (κ2) is 12.9. The van der Waals surface area contributed by atoms with Crippen molar-refractivity contribution in [2.75, 3.05) is 6.61 Å². The van der Waals surface area contributed by atoms with Gasteiger partial charge in [-0.2, -0.15) is 0 Å². The van der Waals surface area contributed by atoms with Gasteiger partial charge in [-0.15, -0.1) is 0 Å². The highest BCUT2D eigenvalue weighted by Gasteiger charge is 2.32. The molecule has 1 heterocycles. The van der Waals surface area contributed by atoms with Crippen molar-refractivity contribution in [2.24, 2.45) is 0 Å². The van der Waals surface area contributed by atoms with Crippen molar-refractivity contribution in [1.82, 2.24) is 15.2 Å². The van der Waals surface area contributed by atoms with Crippen molar-refractivity contribution in [3.8, 4) is 5.75 Å². The molecule has 0 aliphatic heterocycles. The average molecular weight is 534 g/mol. The minimum absolute atomic E-state index is 0.165. The van der Waals surface area contributed by atoms with Gasteiger partial charge >= 0.3 is 0 Å². The largest absolute Gasteiger partial charge is 0.482 e. The van der Waals surface area contributed by atoms with E-state index in [1.54, 1.807) is 42.6 Å². The van der Waals surface area contributed by atoms with Gasteiger partial charge in [0.15, 0.2) is 6.61 Å². The topological polar surface area (TPSA) is 71.5 Å². The second-order valence-electron chi connectivity index (χ2n) is 8.22. The number of para-hydroxylation sites is 1. The molecule has 0 radical (unpaired) electrons. The van der Waals surface area contributed by atoms with Crippen LogP contribution in [0.4, 0.5) is 0 Å². The standard InChI is InChI=1S/C29H25Cl2N3O3/c30-23-15-13-21(14-16-23)19-34(27(35)20-37-26-12-5-4-11-25(26)31)28(22-8-2-1-3-9-22)29(36)33-18-24-10-6-7-17-32-24/h1-17,28H,18-20H2,(H,33,36)/t28-/m1/s1. The van der Waals surface area contributed by atoms with E-state index in [-0.39, 0.29) is 31.5 Å². The summed E-state index contributed by atoms with van der Waals surface area (Å²) in [5.41, 5.74) is 2.19. The Balaban J connectivity index is 1.63. The van der Waals surface area contributed by atoms with E-state index in [1.165, 1.54) is 4.90 Å². The van der Waals surface area contributed by atoms with Gasteiger partial charge in [0.05, 0.1) is 17.3 Å². The highest BCUT2D eigenvalue weighted by molar-refractivity contribution is 6.32. The number of pyridine rings is 1. The average Bonchev–Trinajstić information content (AvgIpc) is 2.93. The maximum absolute atomic E-state index is 13.6. The molecule has 37 heavy (non-hydrogen) atoms. The van der Waals surface area contributed by atoms with E-state index in [0.29, 0.717) is 27.1 Å². The molecule has 0 aliphatic carbocycles. The first-order valence-electron chi connectivity index (χ1n) is 11.6. The Morgan fingerprint density at radius 2 is 1.57 bits per heavy atom. The van der Waals surface area contributed by atoms with Crippen LogP contribution in [0.25, 0.3) is 0 Å². The Bertz CT molecular complexity index is 1320. The van der Waals surface area contributed by atoms with Gasteiger partial charge in [-0.1, -0.05) is 83.9 Å². The first-order chi connectivity index (χ1) is 18.0. The van der Waals surface area contributed by atoms with Crippen LogP contribution in [0.1, 0.15) is 22.9 Å². The lowest BCUT2D eigenvalue weighted by Gasteiger charge is -2.31. The molecule has 0 saturated carbocycles. The van der Waals surface area contributed by atoms with E-state index in [4.69, 9.17) is 27.9 Å². The molecule has 1 aromatic heterocycles. The van der Waals surface area contributed by atoms with E-state index in [0.717, 1.165) is 5.56 Å². The maximum Gasteiger partial charge on any atom is 0.261 e. The predicted molar refractivity (Wildman–Crippen MR) is 144 cm³/mol. The quantitative estimate of drug-likeness (QED) is 0.277. The molecule has 2 amide bonds. The summed E-state index contributed by atoms with van der Waals surface area (Å²) in [5, 5.41) is 3.91. The number of benzene rings is 3. The Kier molecular flexibility index (Phi) is 9.13. The number of hydrogen-bond donors (Lipinski definition) is 1. The van der Waals surface area contributed by atoms with Crippen LogP contribution in [-0.2, 0) is 22.7 Å². The fraction of sp³-hybridized carbons (Fsp3) is 0.138. The third-order valence-electron chi connectivity index (χ3n) is 5.62. The van der Waals surface area contributed by atoms with Crippen LogP contribution >= 0.6 is 23.2 Å². The summed E-state index contributed by atoms with van der Waals surface area (Å²) in [4.78, 5) is 33.0. The number of carbonyl (C=O) groups excluding carboxylic acids is 2. The molecular formula is C29H25Cl2N3O3. The van der Waals surface area contributed by atoms with Crippen LogP contribution in [0.5, 0.6) is 5.75 Å². The van der Waals surface area contributed by atoms with E-state index in [2.05, 4.69) is 10.3 Å². The predicted octanol–water partition coefficient (Wildman–Crippen LogP) is 5.85. The first kappa shape index (κ1) is 26.2. The molecule has 188 valence electrons. The molecule has 8 heteroatoms. The van der Waals surface area contributed by atoms with Crippen LogP contribution in [0.2, 0.25) is 10.0 Å². The normalized spacial score (nSPS) is 11.4. The lowest BCUT2D eigenvalue weighted by atomic mass is 10.0. The first-order valence-corrected chi connectivity index (χ1v) is 12.4. The number of rotatable bonds is 10. The van der Waals surface area contributed by atoms with Crippen molar-refractivity contribution in [3.05, 3.63) is 130 Å². The molecule has 0 unspecified atom stereocenters. The molecular weight excluding hydrogens is 509 g/mol. The number of nitrogens with one attached hydrogen (secondary N) is 1. The van der Waals surface area contributed by atoms with Gasteiger partial charge in [0.25, 0.3) is 5.91 Å². The Labute approximate surface area is 225 Å². The molecule has 1 N–H and O–H groups in total. The number of hydrogen-bond acceptors (Lipinski definition) is 4. The van der Waals surface area contributed by atoms with Gasteiger partial charge in [-0.05, 0) is 47.5 Å². The van der Waals surface area contributed by atoms with Gasteiger partial charge in [-0.25, -0.2) is 0 Å². The van der Waals surface area contributed by atoms with Gasteiger partial charge in [0, 0.05) is 17.8 Å². The zero-order valence-electron chi connectivity index (χ0n) is 19.9. The number of amides is 2. The van der Waals surface area contributed by atoms with Gasteiger partial charge in [0.1, 0.15) is 11.8 Å². The van der Waals surface area contributed by atoms with Gasteiger partial charge in [-0.3, -0.25) is 14.6 Å². The third kappa shape index (κ3) is 7.32. The number of halogens is 2. The van der Waals surface area contributed by atoms with Crippen molar-refractivity contribution >= 4 is 35.0 Å². The van der Waals surface area contributed by atoms with Gasteiger partial charge in [0.2, 0.25) is 5.91 Å². The number of nitrogens with zero attached hydrogens (tertiary/aromatic N) is 2.